The highest BCUT2D eigenvalue weighted by Crippen LogP contribution is 2.39. The summed E-state index contributed by atoms with van der Waals surface area (Å²) in [6.07, 6.45) is 0.901. The van der Waals surface area contributed by atoms with Gasteiger partial charge in [-0.05, 0) is 37.9 Å². The van der Waals surface area contributed by atoms with E-state index >= 15 is 0 Å². The third-order valence-electron chi connectivity index (χ3n) is 3.23. The number of halogens is 2. The summed E-state index contributed by atoms with van der Waals surface area (Å²) >= 11 is 8.64. The summed E-state index contributed by atoms with van der Waals surface area (Å²) in [4.78, 5) is 9.07. The maximum absolute atomic E-state index is 5.71. The molecule has 3 heterocycles. The monoisotopic (exact) mass is 428 g/mol. The van der Waals surface area contributed by atoms with Gasteiger partial charge in [-0.25, -0.2) is 4.98 Å². The van der Waals surface area contributed by atoms with Crippen molar-refractivity contribution in [2.45, 2.75) is 6.42 Å². The van der Waals surface area contributed by atoms with Crippen LogP contribution >= 0.6 is 43.2 Å². The molecule has 3 aromatic rings. The number of nitrogens with one attached hydrogen (secondary N) is 1. The summed E-state index contributed by atoms with van der Waals surface area (Å²) in [6, 6.07) is 5.95. The average Bonchev–Trinajstić information content (AvgIpc) is 2.93. The van der Waals surface area contributed by atoms with E-state index in [1.54, 1.807) is 11.3 Å². The number of aromatic amines is 1. The first kappa shape index (κ1) is 13.6. The molecule has 2 aromatic heterocycles. The number of hydrogen-bond acceptors (Lipinski definition) is 4. The van der Waals surface area contributed by atoms with Gasteiger partial charge in [0.15, 0.2) is 11.5 Å². The lowest BCUT2D eigenvalue weighted by Gasteiger charge is -2.05. The second kappa shape index (κ2) is 5.30. The number of benzene rings is 1. The van der Waals surface area contributed by atoms with E-state index in [1.807, 2.05) is 18.2 Å². The molecular formula is C14H10Br2N2O2S. The van der Waals surface area contributed by atoms with Crippen molar-refractivity contribution in [3.63, 3.8) is 0 Å². The number of thiophene rings is 1. The van der Waals surface area contributed by atoms with Crippen LogP contribution in [0, 0.1) is 0 Å². The number of H-pyrrole nitrogens is 1. The van der Waals surface area contributed by atoms with E-state index in [1.165, 1.54) is 0 Å². The molecule has 1 aliphatic rings. The predicted octanol–water partition coefficient (Wildman–Crippen LogP) is 4.98. The highest BCUT2D eigenvalue weighted by Gasteiger charge is 2.15. The fourth-order valence-corrected chi connectivity index (χ4v) is 4.23. The molecule has 0 aliphatic carbocycles. The Morgan fingerprint density at radius 2 is 1.86 bits per heavy atom. The summed E-state index contributed by atoms with van der Waals surface area (Å²) in [7, 11) is 0. The fourth-order valence-electron chi connectivity index (χ4n) is 2.25. The van der Waals surface area contributed by atoms with Crippen LogP contribution in [-0.4, -0.2) is 23.2 Å². The normalized spacial score (nSPS) is 14.4. The zero-order valence-corrected chi connectivity index (χ0v) is 14.8. The van der Waals surface area contributed by atoms with E-state index in [2.05, 4.69) is 41.8 Å². The van der Waals surface area contributed by atoms with Crippen molar-refractivity contribution in [2.75, 3.05) is 13.2 Å². The number of aromatic nitrogens is 2. The number of imidazole rings is 1. The first-order valence-electron chi connectivity index (χ1n) is 6.45. The topological polar surface area (TPSA) is 47.1 Å². The first-order chi connectivity index (χ1) is 10.2. The Balaban J connectivity index is 1.83. The van der Waals surface area contributed by atoms with Crippen molar-refractivity contribution in [2.24, 2.45) is 0 Å². The van der Waals surface area contributed by atoms with E-state index in [0.29, 0.717) is 13.2 Å². The lowest BCUT2D eigenvalue weighted by Crippen LogP contribution is -1.97. The number of nitrogens with zero attached hydrogens (tertiary/aromatic N) is 1. The average molecular weight is 430 g/mol. The van der Waals surface area contributed by atoms with Crippen LogP contribution in [0.5, 0.6) is 11.5 Å². The van der Waals surface area contributed by atoms with Crippen LogP contribution in [-0.2, 0) is 0 Å². The van der Waals surface area contributed by atoms with Gasteiger partial charge in [-0.2, -0.15) is 0 Å². The Bertz CT molecular complexity index is 765. The minimum Gasteiger partial charge on any atom is -0.489 e. The van der Waals surface area contributed by atoms with Gasteiger partial charge in [-0.15, -0.1) is 11.3 Å². The van der Waals surface area contributed by atoms with Gasteiger partial charge in [0, 0.05) is 23.0 Å². The molecule has 0 unspecified atom stereocenters. The Hall–Kier alpha value is -1.05. The van der Waals surface area contributed by atoms with Gasteiger partial charge >= 0.3 is 0 Å². The highest BCUT2D eigenvalue weighted by atomic mass is 79.9. The van der Waals surface area contributed by atoms with Crippen molar-refractivity contribution in [3.05, 3.63) is 26.5 Å². The fraction of sp³-hybridized carbons (Fsp3) is 0.214. The lowest BCUT2D eigenvalue weighted by atomic mass is 10.3. The Kier molecular flexibility index (Phi) is 3.43. The molecule has 4 nitrogen and oxygen atoms in total. The van der Waals surface area contributed by atoms with Gasteiger partial charge in [0.2, 0.25) is 0 Å². The molecule has 1 aliphatic heterocycles. The molecule has 1 aromatic carbocycles. The Labute approximate surface area is 141 Å². The van der Waals surface area contributed by atoms with E-state index in [4.69, 9.17) is 9.47 Å². The van der Waals surface area contributed by atoms with Crippen molar-refractivity contribution >= 4 is 54.2 Å². The number of hydrogen-bond donors (Lipinski definition) is 1. The number of ether oxygens (including phenoxy) is 2. The largest absolute Gasteiger partial charge is 0.489 e. The highest BCUT2D eigenvalue weighted by molar-refractivity contribution is 9.13. The smallest absolute Gasteiger partial charge is 0.163 e. The van der Waals surface area contributed by atoms with Crippen LogP contribution < -0.4 is 9.47 Å². The summed E-state index contributed by atoms with van der Waals surface area (Å²) in [5.74, 6) is 2.40. The van der Waals surface area contributed by atoms with Crippen molar-refractivity contribution in [1.29, 1.82) is 0 Å². The van der Waals surface area contributed by atoms with E-state index < -0.39 is 0 Å². The first-order valence-corrected chi connectivity index (χ1v) is 8.85. The van der Waals surface area contributed by atoms with Gasteiger partial charge in [-0.1, -0.05) is 0 Å². The SMILES string of the molecule is Brc1cc(-c2nc3cc4c(cc3[nH]2)OCCCO4)sc1Br. The predicted molar refractivity (Wildman–Crippen MR) is 90.4 cm³/mol. The molecule has 108 valence electrons. The second-order valence-electron chi connectivity index (χ2n) is 4.68. The zero-order valence-electron chi connectivity index (χ0n) is 10.8. The molecule has 0 radical (unpaired) electrons. The Morgan fingerprint density at radius 1 is 1.10 bits per heavy atom. The quantitative estimate of drug-likeness (QED) is 0.593. The Morgan fingerprint density at radius 3 is 2.57 bits per heavy atom. The second-order valence-corrected chi connectivity index (χ2v) is 7.91. The van der Waals surface area contributed by atoms with Crippen LogP contribution in [0.1, 0.15) is 6.42 Å². The molecule has 1 N–H and O–H groups in total. The molecule has 4 rings (SSSR count). The summed E-state index contributed by atoms with van der Waals surface area (Å²) in [5.41, 5.74) is 1.84. The molecule has 7 heteroatoms. The molecule has 0 bridgehead atoms. The molecule has 0 amide bonds. The maximum atomic E-state index is 5.71. The van der Waals surface area contributed by atoms with Crippen LogP contribution in [0.15, 0.2) is 26.5 Å². The van der Waals surface area contributed by atoms with Crippen LogP contribution in [0.4, 0.5) is 0 Å². The van der Waals surface area contributed by atoms with Gasteiger partial charge in [-0.3, -0.25) is 0 Å². The van der Waals surface area contributed by atoms with Gasteiger partial charge < -0.3 is 14.5 Å². The minimum atomic E-state index is 0.681. The van der Waals surface area contributed by atoms with Crippen molar-refractivity contribution in [3.8, 4) is 22.2 Å². The summed E-state index contributed by atoms with van der Waals surface area (Å²) in [6.45, 7) is 1.37. The molecule has 0 atom stereocenters. The molecule has 0 saturated heterocycles. The lowest BCUT2D eigenvalue weighted by molar-refractivity contribution is 0.297. The van der Waals surface area contributed by atoms with Crippen LogP contribution in [0.3, 0.4) is 0 Å². The summed E-state index contributed by atoms with van der Waals surface area (Å²) < 4.78 is 13.5. The van der Waals surface area contributed by atoms with Crippen molar-refractivity contribution in [1.82, 2.24) is 9.97 Å². The van der Waals surface area contributed by atoms with Crippen LogP contribution in [0.2, 0.25) is 0 Å². The number of rotatable bonds is 1. The van der Waals surface area contributed by atoms with Gasteiger partial charge in [0.1, 0.15) is 5.82 Å². The molecular weight excluding hydrogens is 420 g/mol. The van der Waals surface area contributed by atoms with Crippen LogP contribution in [0.25, 0.3) is 21.7 Å². The molecule has 0 fully saturated rings. The molecule has 21 heavy (non-hydrogen) atoms. The molecule has 0 spiro atoms. The van der Waals surface area contributed by atoms with Crippen molar-refractivity contribution < 1.29 is 9.47 Å². The van der Waals surface area contributed by atoms with E-state index in [9.17, 15) is 0 Å². The van der Waals surface area contributed by atoms with E-state index in [-0.39, 0.29) is 0 Å². The zero-order chi connectivity index (χ0) is 14.4. The number of fused-ring (bicyclic) bond motifs is 2. The van der Waals surface area contributed by atoms with Gasteiger partial charge in [0.25, 0.3) is 0 Å². The third kappa shape index (κ3) is 2.47. The van der Waals surface area contributed by atoms with E-state index in [0.717, 1.165) is 47.9 Å². The maximum Gasteiger partial charge on any atom is 0.163 e. The minimum absolute atomic E-state index is 0.681. The summed E-state index contributed by atoms with van der Waals surface area (Å²) in [5, 5.41) is 0. The molecule has 0 saturated carbocycles. The third-order valence-corrected chi connectivity index (χ3v) is 6.49. The standard InChI is InChI=1S/C14H10Br2N2O2S/c15-7-4-12(21-13(7)16)14-17-8-5-10-11(6-9(8)18-14)20-3-1-2-19-10/h4-6H,1-3H2,(H,17,18). The van der Waals surface area contributed by atoms with Gasteiger partial charge in [0.05, 0.1) is 32.9 Å².